The molecule has 0 amide bonds. The van der Waals surface area contributed by atoms with Crippen LogP contribution in [-0.2, 0) is 25.7 Å². The molecule has 0 unspecified atom stereocenters. The van der Waals surface area contributed by atoms with E-state index in [1.54, 1.807) is 0 Å². The molecule has 4 rings (SSSR count). The molecule has 0 saturated heterocycles. The standard InChI is InChI=1S/C31H38N6O/c38-31(25-36(21-13-27-9-1-5-17-32-27)22-14-28-10-2-6-18-33-28)26-37(23-15-29-11-3-7-19-34-29)24-16-30-12-4-8-20-35-30/h1-12,17-20,31,38H,13-16,21-26H2. The lowest BCUT2D eigenvalue weighted by atomic mass is 10.2. The molecular weight excluding hydrogens is 472 g/mol. The van der Waals surface area contributed by atoms with Crippen molar-refractivity contribution in [2.75, 3.05) is 39.3 Å². The highest BCUT2D eigenvalue weighted by molar-refractivity contribution is 5.07. The number of aliphatic hydroxyl groups excluding tert-OH is 1. The molecule has 0 bridgehead atoms. The van der Waals surface area contributed by atoms with E-state index >= 15 is 0 Å². The van der Waals surface area contributed by atoms with Crippen LogP contribution in [0.4, 0.5) is 0 Å². The van der Waals surface area contributed by atoms with Crippen LogP contribution in [0.25, 0.3) is 0 Å². The quantitative estimate of drug-likeness (QED) is 0.247. The van der Waals surface area contributed by atoms with E-state index in [1.165, 1.54) is 0 Å². The van der Waals surface area contributed by atoms with Gasteiger partial charge in [-0.25, -0.2) is 0 Å². The van der Waals surface area contributed by atoms with Crippen molar-refractivity contribution in [3.05, 3.63) is 120 Å². The molecule has 4 aromatic rings. The second kappa shape index (κ2) is 15.7. The van der Waals surface area contributed by atoms with Crippen molar-refractivity contribution >= 4 is 0 Å². The second-order valence-electron chi connectivity index (χ2n) is 9.54. The van der Waals surface area contributed by atoms with E-state index in [2.05, 4.69) is 54.0 Å². The van der Waals surface area contributed by atoms with Gasteiger partial charge >= 0.3 is 0 Å². The molecule has 0 aliphatic carbocycles. The molecule has 7 nitrogen and oxygen atoms in total. The van der Waals surface area contributed by atoms with Crippen molar-refractivity contribution in [1.82, 2.24) is 29.7 Å². The lowest BCUT2D eigenvalue weighted by Gasteiger charge is -2.29. The average molecular weight is 511 g/mol. The van der Waals surface area contributed by atoms with E-state index < -0.39 is 6.10 Å². The van der Waals surface area contributed by atoms with Crippen LogP contribution in [0.2, 0.25) is 0 Å². The predicted octanol–water partition coefficient (Wildman–Crippen LogP) is 3.50. The summed E-state index contributed by atoms with van der Waals surface area (Å²) in [7, 11) is 0. The molecule has 4 aromatic heterocycles. The first-order valence-electron chi connectivity index (χ1n) is 13.5. The van der Waals surface area contributed by atoms with E-state index in [-0.39, 0.29) is 0 Å². The number of pyridine rings is 4. The summed E-state index contributed by atoms with van der Waals surface area (Å²) in [5.74, 6) is 0. The summed E-state index contributed by atoms with van der Waals surface area (Å²) in [4.78, 5) is 22.6. The molecule has 1 N–H and O–H groups in total. The number of rotatable bonds is 16. The van der Waals surface area contributed by atoms with Gasteiger partial charge in [-0.05, 0) is 48.5 Å². The molecular formula is C31H38N6O. The van der Waals surface area contributed by atoms with Crippen molar-refractivity contribution in [1.29, 1.82) is 0 Å². The molecule has 7 heteroatoms. The van der Waals surface area contributed by atoms with Crippen LogP contribution in [0.3, 0.4) is 0 Å². The van der Waals surface area contributed by atoms with Gasteiger partial charge in [-0.15, -0.1) is 0 Å². The molecule has 198 valence electrons. The highest BCUT2D eigenvalue weighted by atomic mass is 16.3. The number of aliphatic hydroxyl groups is 1. The minimum absolute atomic E-state index is 0.477. The number of nitrogens with zero attached hydrogens (tertiary/aromatic N) is 6. The molecule has 0 aromatic carbocycles. The summed E-state index contributed by atoms with van der Waals surface area (Å²) in [6.07, 6.45) is 10.3. The number of hydrogen-bond donors (Lipinski definition) is 1. The van der Waals surface area contributed by atoms with Crippen LogP contribution in [-0.4, -0.2) is 80.2 Å². The lowest BCUT2D eigenvalue weighted by Crippen LogP contribution is -2.43. The van der Waals surface area contributed by atoms with Crippen LogP contribution >= 0.6 is 0 Å². The summed E-state index contributed by atoms with van der Waals surface area (Å²) in [5.41, 5.74) is 4.27. The molecule has 0 saturated carbocycles. The maximum Gasteiger partial charge on any atom is 0.0793 e. The Kier molecular flexibility index (Phi) is 11.3. The molecule has 4 heterocycles. The first-order chi connectivity index (χ1) is 18.7. The van der Waals surface area contributed by atoms with Gasteiger partial charge in [-0.3, -0.25) is 29.7 Å². The smallest absolute Gasteiger partial charge is 0.0793 e. The number of aromatic nitrogens is 4. The lowest BCUT2D eigenvalue weighted by molar-refractivity contribution is 0.0744. The maximum atomic E-state index is 11.2. The van der Waals surface area contributed by atoms with Crippen LogP contribution < -0.4 is 0 Å². The topological polar surface area (TPSA) is 78.3 Å². The summed E-state index contributed by atoms with van der Waals surface area (Å²) < 4.78 is 0. The normalized spacial score (nSPS) is 11.5. The Labute approximate surface area is 226 Å². The molecule has 0 atom stereocenters. The zero-order valence-electron chi connectivity index (χ0n) is 22.0. The van der Waals surface area contributed by atoms with Crippen molar-refractivity contribution in [3.63, 3.8) is 0 Å². The predicted molar refractivity (Wildman–Crippen MR) is 151 cm³/mol. The van der Waals surface area contributed by atoms with E-state index in [0.717, 1.165) is 74.6 Å². The Hall–Kier alpha value is -3.52. The van der Waals surface area contributed by atoms with Crippen LogP contribution in [0.1, 0.15) is 22.8 Å². The van der Waals surface area contributed by atoms with Crippen molar-refractivity contribution in [2.24, 2.45) is 0 Å². The minimum atomic E-state index is -0.477. The second-order valence-corrected chi connectivity index (χ2v) is 9.54. The first kappa shape index (κ1) is 27.5. The van der Waals surface area contributed by atoms with Gasteiger partial charge in [0.25, 0.3) is 0 Å². The minimum Gasteiger partial charge on any atom is -0.390 e. The van der Waals surface area contributed by atoms with E-state index in [4.69, 9.17) is 0 Å². The first-order valence-corrected chi connectivity index (χ1v) is 13.5. The molecule has 38 heavy (non-hydrogen) atoms. The molecule has 0 fully saturated rings. The summed E-state index contributed by atoms with van der Waals surface area (Å²) in [6, 6.07) is 24.1. The molecule has 0 aliphatic heterocycles. The van der Waals surface area contributed by atoms with Crippen LogP contribution in [0.15, 0.2) is 97.6 Å². The fourth-order valence-electron chi connectivity index (χ4n) is 4.52. The monoisotopic (exact) mass is 510 g/mol. The zero-order chi connectivity index (χ0) is 26.3. The third kappa shape index (κ3) is 10.1. The summed E-state index contributed by atoms with van der Waals surface area (Å²) in [5, 5.41) is 11.2. The van der Waals surface area contributed by atoms with Gasteiger partial charge in [0.15, 0.2) is 0 Å². The van der Waals surface area contributed by atoms with Gasteiger partial charge in [-0.1, -0.05) is 24.3 Å². The van der Waals surface area contributed by atoms with E-state index in [1.807, 2.05) is 73.3 Å². The third-order valence-corrected chi connectivity index (χ3v) is 6.58. The van der Waals surface area contributed by atoms with Crippen molar-refractivity contribution in [2.45, 2.75) is 31.8 Å². The fourth-order valence-corrected chi connectivity index (χ4v) is 4.52. The van der Waals surface area contributed by atoms with Crippen molar-refractivity contribution < 1.29 is 5.11 Å². The summed E-state index contributed by atoms with van der Waals surface area (Å²) >= 11 is 0. The Bertz CT molecular complexity index is 968. The van der Waals surface area contributed by atoms with E-state index in [9.17, 15) is 5.11 Å². The summed E-state index contributed by atoms with van der Waals surface area (Å²) in [6.45, 7) is 4.55. The van der Waals surface area contributed by atoms with Gasteiger partial charge in [0.05, 0.1) is 6.10 Å². The van der Waals surface area contributed by atoms with Gasteiger partial charge in [0.2, 0.25) is 0 Å². The highest BCUT2D eigenvalue weighted by Crippen LogP contribution is 2.07. The molecule has 0 spiro atoms. The van der Waals surface area contributed by atoms with Gasteiger partial charge in [0, 0.05) is 113 Å². The van der Waals surface area contributed by atoms with Gasteiger partial charge in [-0.2, -0.15) is 0 Å². The van der Waals surface area contributed by atoms with Gasteiger partial charge in [0.1, 0.15) is 0 Å². The largest absolute Gasteiger partial charge is 0.390 e. The Balaban J connectivity index is 1.36. The van der Waals surface area contributed by atoms with Crippen LogP contribution in [0.5, 0.6) is 0 Å². The zero-order valence-corrected chi connectivity index (χ0v) is 22.0. The average Bonchev–Trinajstić information content (AvgIpc) is 2.98. The molecule has 0 radical (unpaired) electrons. The SMILES string of the molecule is OC(CN(CCc1ccccn1)CCc1ccccn1)CN(CCc1ccccn1)CCc1ccccn1. The third-order valence-electron chi connectivity index (χ3n) is 6.58. The Morgan fingerprint density at radius 3 is 1.00 bits per heavy atom. The Morgan fingerprint density at radius 2 is 0.763 bits per heavy atom. The Morgan fingerprint density at radius 1 is 0.474 bits per heavy atom. The number of hydrogen-bond acceptors (Lipinski definition) is 7. The van der Waals surface area contributed by atoms with Crippen molar-refractivity contribution in [3.8, 4) is 0 Å². The van der Waals surface area contributed by atoms with Gasteiger partial charge < -0.3 is 5.11 Å². The fraction of sp³-hybridized carbons (Fsp3) is 0.355. The van der Waals surface area contributed by atoms with E-state index in [0.29, 0.717) is 13.1 Å². The van der Waals surface area contributed by atoms with Crippen LogP contribution in [0, 0.1) is 0 Å². The maximum absolute atomic E-state index is 11.2. The molecule has 0 aliphatic rings. The highest BCUT2D eigenvalue weighted by Gasteiger charge is 2.17.